The van der Waals surface area contributed by atoms with Gasteiger partial charge in [0.25, 0.3) is 5.91 Å². The van der Waals surface area contributed by atoms with Gasteiger partial charge in [0.05, 0.1) is 5.92 Å². The molecule has 1 aliphatic rings. The van der Waals surface area contributed by atoms with Gasteiger partial charge in [-0.05, 0) is 0 Å². The lowest BCUT2D eigenvalue weighted by Crippen LogP contribution is -2.38. The molecule has 0 aromatic rings. The van der Waals surface area contributed by atoms with Gasteiger partial charge in [0, 0.05) is 12.3 Å². The number of dihydropyridines is 1. The Balaban J connectivity index is 2.46. The highest BCUT2D eigenvalue weighted by molar-refractivity contribution is 6.05. The zero-order valence-corrected chi connectivity index (χ0v) is 7.41. The zero-order chi connectivity index (χ0) is 11.5. The average Bonchev–Trinajstić information content (AvgIpc) is 2.14. The molecule has 0 bridgehead atoms. The minimum Gasteiger partial charge on any atom is -0.346 e. The third-order valence-corrected chi connectivity index (χ3v) is 1.57. The number of nitrogens with one attached hydrogen (secondary N) is 1. The van der Waals surface area contributed by atoms with Crippen molar-refractivity contribution < 1.29 is 22.8 Å². The topological polar surface area (TPSA) is 58.5 Å². The van der Waals surface area contributed by atoms with E-state index in [4.69, 9.17) is 0 Å². The van der Waals surface area contributed by atoms with Crippen LogP contribution in [0, 0.1) is 5.92 Å². The van der Waals surface area contributed by atoms with Crippen molar-refractivity contribution in [1.82, 2.24) is 5.32 Å². The van der Waals surface area contributed by atoms with E-state index in [2.05, 4.69) is 4.99 Å². The number of hydrogen-bond acceptors (Lipinski definition) is 2. The fourth-order valence-corrected chi connectivity index (χ4v) is 0.893. The summed E-state index contributed by atoms with van der Waals surface area (Å²) < 4.78 is 35.2. The first-order valence-corrected chi connectivity index (χ1v) is 3.99. The molecule has 1 heterocycles. The van der Waals surface area contributed by atoms with Crippen LogP contribution in [-0.4, -0.2) is 30.8 Å². The summed E-state index contributed by atoms with van der Waals surface area (Å²) in [6, 6.07) is 0. The molecule has 1 rings (SSSR count). The Bertz CT molecular complexity index is 317. The van der Waals surface area contributed by atoms with E-state index < -0.39 is 30.5 Å². The van der Waals surface area contributed by atoms with Gasteiger partial charge in [-0.1, -0.05) is 6.08 Å². The van der Waals surface area contributed by atoms with E-state index in [0.29, 0.717) is 0 Å². The molecule has 1 aliphatic heterocycles. The highest BCUT2D eigenvalue weighted by atomic mass is 19.4. The summed E-state index contributed by atoms with van der Waals surface area (Å²) in [4.78, 5) is 24.9. The molecule has 0 fully saturated rings. The Hall–Kier alpha value is -1.66. The number of nitrogens with zero attached hydrogens (tertiary/aromatic N) is 1. The third-order valence-electron chi connectivity index (χ3n) is 1.57. The molecule has 1 atom stereocenters. The van der Waals surface area contributed by atoms with E-state index in [1.165, 1.54) is 6.08 Å². The average molecular weight is 220 g/mol. The molecule has 7 heteroatoms. The van der Waals surface area contributed by atoms with Crippen molar-refractivity contribution in [3.8, 4) is 0 Å². The second-order valence-electron chi connectivity index (χ2n) is 2.83. The van der Waals surface area contributed by atoms with Crippen LogP contribution < -0.4 is 5.32 Å². The summed E-state index contributed by atoms with van der Waals surface area (Å²) in [6.07, 6.45) is -1.20. The van der Waals surface area contributed by atoms with E-state index in [1.807, 2.05) is 0 Å². The van der Waals surface area contributed by atoms with Crippen LogP contribution in [0.4, 0.5) is 13.2 Å². The van der Waals surface area contributed by atoms with Gasteiger partial charge in [-0.15, -0.1) is 0 Å². The van der Waals surface area contributed by atoms with Crippen molar-refractivity contribution in [2.45, 2.75) is 6.18 Å². The standard InChI is InChI=1S/C8H7F3N2O2/c9-8(10,11)4-13-7(15)5-1-2-6(14)12-3-5/h1-3,5H,4H2,(H,13,15). The molecule has 0 saturated carbocycles. The van der Waals surface area contributed by atoms with E-state index >= 15 is 0 Å². The maximum atomic E-state index is 11.7. The number of alkyl halides is 3. The summed E-state index contributed by atoms with van der Waals surface area (Å²) in [6.45, 7) is -1.39. The Morgan fingerprint density at radius 3 is 2.67 bits per heavy atom. The fraction of sp³-hybridized carbons (Fsp3) is 0.375. The number of carbonyl (C=O) groups excluding carboxylic acids is 2. The summed E-state index contributed by atoms with van der Waals surface area (Å²) in [5.41, 5.74) is 0. The van der Waals surface area contributed by atoms with Gasteiger partial charge in [0.2, 0.25) is 5.91 Å². The number of aliphatic imine (C=N–C) groups is 1. The molecule has 1 unspecified atom stereocenters. The maximum absolute atomic E-state index is 11.7. The highest BCUT2D eigenvalue weighted by Gasteiger charge is 2.29. The van der Waals surface area contributed by atoms with Gasteiger partial charge in [-0.2, -0.15) is 13.2 Å². The van der Waals surface area contributed by atoms with Crippen molar-refractivity contribution in [3.05, 3.63) is 12.2 Å². The van der Waals surface area contributed by atoms with Crippen LogP contribution in [0.3, 0.4) is 0 Å². The summed E-state index contributed by atoms with van der Waals surface area (Å²) in [5, 5.41) is 1.69. The number of hydrogen-bond donors (Lipinski definition) is 1. The molecule has 0 spiro atoms. The minimum absolute atomic E-state index is 0.533. The normalized spacial score (nSPS) is 20.5. The van der Waals surface area contributed by atoms with Gasteiger partial charge < -0.3 is 5.32 Å². The quantitative estimate of drug-likeness (QED) is 0.734. The number of carbonyl (C=O) groups is 2. The van der Waals surface area contributed by atoms with Crippen molar-refractivity contribution in [1.29, 1.82) is 0 Å². The molecule has 4 nitrogen and oxygen atoms in total. The van der Waals surface area contributed by atoms with Crippen LogP contribution in [0.1, 0.15) is 0 Å². The molecule has 15 heavy (non-hydrogen) atoms. The van der Waals surface area contributed by atoms with Crippen LogP contribution in [0.5, 0.6) is 0 Å². The molecule has 0 saturated heterocycles. The third kappa shape index (κ3) is 3.92. The Labute approximate surface area is 82.9 Å². The maximum Gasteiger partial charge on any atom is 0.405 e. The van der Waals surface area contributed by atoms with Gasteiger partial charge in [-0.3, -0.25) is 9.59 Å². The number of rotatable bonds is 2. The first kappa shape index (κ1) is 11.4. The predicted molar refractivity (Wildman–Crippen MR) is 45.2 cm³/mol. The lowest BCUT2D eigenvalue weighted by Gasteiger charge is -2.12. The first-order valence-electron chi connectivity index (χ1n) is 3.99. The molecular weight excluding hydrogens is 213 g/mol. The Kier molecular flexibility index (Phi) is 3.23. The largest absolute Gasteiger partial charge is 0.405 e. The predicted octanol–water partition coefficient (Wildman–Crippen LogP) is 0.448. The molecule has 1 N–H and O–H groups in total. The smallest absolute Gasteiger partial charge is 0.346 e. The minimum atomic E-state index is -4.44. The molecule has 82 valence electrons. The lowest BCUT2D eigenvalue weighted by molar-refractivity contribution is -0.138. The SMILES string of the molecule is O=C1C=CC(C(=O)NCC(F)(F)F)C=N1. The second-order valence-corrected chi connectivity index (χ2v) is 2.83. The van der Waals surface area contributed by atoms with E-state index in [9.17, 15) is 22.8 Å². The highest BCUT2D eigenvalue weighted by Crippen LogP contribution is 2.12. The monoisotopic (exact) mass is 220 g/mol. The molecule has 0 aromatic heterocycles. The van der Waals surface area contributed by atoms with Crippen molar-refractivity contribution >= 4 is 18.0 Å². The zero-order valence-electron chi connectivity index (χ0n) is 7.41. The van der Waals surface area contributed by atoms with Gasteiger partial charge in [0.15, 0.2) is 0 Å². The summed E-state index contributed by atoms with van der Waals surface area (Å²) in [7, 11) is 0. The molecule has 2 amide bonds. The van der Waals surface area contributed by atoms with Crippen LogP contribution >= 0.6 is 0 Å². The van der Waals surface area contributed by atoms with E-state index in [1.54, 1.807) is 5.32 Å². The Morgan fingerprint density at radius 2 is 2.20 bits per heavy atom. The molecule has 0 radical (unpaired) electrons. The van der Waals surface area contributed by atoms with E-state index in [-0.39, 0.29) is 0 Å². The van der Waals surface area contributed by atoms with Crippen molar-refractivity contribution in [2.24, 2.45) is 10.9 Å². The fourth-order valence-electron chi connectivity index (χ4n) is 0.893. The van der Waals surface area contributed by atoms with Crippen LogP contribution in [-0.2, 0) is 9.59 Å². The lowest BCUT2D eigenvalue weighted by atomic mass is 10.1. The molecule has 0 aliphatic carbocycles. The van der Waals surface area contributed by atoms with Gasteiger partial charge in [0.1, 0.15) is 6.54 Å². The first-order chi connectivity index (χ1) is 6.88. The van der Waals surface area contributed by atoms with Gasteiger partial charge in [-0.25, -0.2) is 4.99 Å². The van der Waals surface area contributed by atoms with Crippen LogP contribution in [0.15, 0.2) is 17.1 Å². The van der Waals surface area contributed by atoms with Crippen molar-refractivity contribution in [2.75, 3.05) is 6.54 Å². The van der Waals surface area contributed by atoms with Crippen LogP contribution in [0.2, 0.25) is 0 Å². The number of halogens is 3. The van der Waals surface area contributed by atoms with E-state index in [0.717, 1.165) is 12.3 Å². The molecule has 0 aromatic carbocycles. The Morgan fingerprint density at radius 1 is 1.53 bits per heavy atom. The molecular formula is C8H7F3N2O2. The van der Waals surface area contributed by atoms with Gasteiger partial charge >= 0.3 is 6.18 Å². The van der Waals surface area contributed by atoms with Crippen LogP contribution in [0.25, 0.3) is 0 Å². The second kappa shape index (κ2) is 4.24. The summed E-state index contributed by atoms with van der Waals surface area (Å²) >= 11 is 0. The summed E-state index contributed by atoms with van der Waals surface area (Å²) in [5.74, 6) is -2.28. The van der Waals surface area contributed by atoms with Crippen molar-refractivity contribution in [3.63, 3.8) is 0 Å². The number of amides is 2.